The molecule has 1 nitrogen and oxygen atoms in total. The Labute approximate surface area is 146 Å². The summed E-state index contributed by atoms with van der Waals surface area (Å²) >= 11 is 33.7. The van der Waals surface area contributed by atoms with Gasteiger partial charge in [-0.3, -0.25) is 0 Å². The maximum absolute atomic E-state index is 13.1. The molecule has 11 heteroatoms. The van der Waals surface area contributed by atoms with Crippen LogP contribution in [0.4, 0.5) is 13.2 Å². The van der Waals surface area contributed by atoms with E-state index in [4.69, 9.17) is 69.6 Å². The van der Waals surface area contributed by atoms with Gasteiger partial charge in [-0.05, 0) is 0 Å². The van der Waals surface area contributed by atoms with Crippen LogP contribution in [0.3, 0.4) is 0 Å². The monoisotopic (exact) mass is 426 g/mol. The molecule has 0 N–H and O–H groups in total. The van der Waals surface area contributed by atoms with E-state index in [1.165, 1.54) is 0 Å². The van der Waals surface area contributed by atoms with Crippen LogP contribution in [0.2, 0.25) is 25.1 Å². The highest BCUT2D eigenvalue weighted by molar-refractivity contribution is 7.97. The fourth-order valence-corrected chi connectivity index (χ4v) is 2.81. The van der Waals surface area contributed by atoms with Crippen molar-refractivity contribution in [1.29, 1.82) is 0 Å². The highest BCUT2D eigenvalue weighted by atomic mass is 35.5. The molecule has 0 heterocycles. The summed E-state index contributed by atoms with van der Waals surface area (Å²) in [4.78, 5) is 0. The van der Waals surface area contributed by atoms with Crippen LogP contribution < -0.4 is 0 Å². The Morgan fingerprint density at radius 1 is 0.950 bits per heavy atom. The standard InChI is InChI=1S/C9H3Cl6F3OS/c10-3-2(1-19-20-9(15,18)8(16)17)4(11)6(13)7(14)5(3)12/h8H,1H2. The van der Waals surface area contributed by atoms with Crippen LogP contribution in [0, 0.1) is 0 Å². The zero-order valence-corrected chi connectivity index (χ0v) is 14.4. The third kappa shape index (κ3) is 4.29. The molecule has 0 spiro atoms. The molecule has 0 aliphatic rings. The lowest BCUT2D eigenvalue weighted by Crippen LogP contribution is -2.20. The summed E-state index contributed by atoms with van der Waals surface area (Å²) < 4.78 is 38.6. The Bertz CT molecular complexity index is 484. The molecule has 0 amide bonds. The van der Waals surface area contributed by atoms with Crippen molar-refractivity contribution in [3.8, 4) is 0 Å². The zero-order chi connectivity index (χ0) is 15.7. The quantitative estimate of drug-likeness (QED) is 0.211. The molecular weight excluding hydrogens is 426 g/mol. The first kappa shape index (κ1) is 19.1. The molecule has 1 atom stereocenters. The van der Waals surface area contributed by atoms with E-state index >= 15 is 0 Å². The van der Waals surface area contributed by atoms with Crippen LogP contribution in [0.5, 0.6) is 0 Å². The largest absolute Gasteiger partial charge is 0.314 e. The van der Waals surface area contributed by atoms with Crippen LogP contribution in [0.25, 0.3) is 0 Å². The normalized spacial score (nSPS) is 14.7. The second kappa shape index (κ2) is 7.55. The average molecular weight is 429 g/mol. The number of alkyl halides is 4. The number of rotatable bonds is 5. The maximum Gasteiger partial charge on any atom is 0.314 e. The van der Waals surface area contributed by atoms with Crippen molar-refractivity contribution in [3.63, 3.8) is 0 Å². The van der Waals surface area contributed by atoms with Gasteiger partial charge in [0.25, 0.3) is 6.43 Å². The van der Waals surface area contributed by atoms with E-state index in [1.807, 2.05) is 0 Å². The van der Waals surface area contributed by atoms with E-state index in [9.17, 15) is 13.2 Å². The molecule has 114 valence electrons. The predicted octanol–water partition coefficient (Wildman–Crippen LogP) is 7.25. The fourth-order valence-electron chi connectivity index (χ4n) is 0.980. The van der Waals surface area contributed by atoms with Crippen molar-refractivity contribution in [1.82, 2.24) is 0 Å². The predicted molar refractivity (Wildman–Crippen MR) is 79.6 cm³/mol. The number of benzene rings is 1. The molecule has 0 radical (unpaired) electrons. The van der Waals surface area contributed by atoms with Crippen molar-refractivity contribution < 1.29 is 17.4 Å². The van der Waals surface area contributed by atoms with Crippen LogP contribution in [-0.4, -0.2) is 10.9 Å². The third-order valence-corrected chi connectivity index (χ3v) is 5.27. The van der Waals surface area contributed by atoms with E-state index in [0.29, 0.717) is 0 Å². The topological polar surface area (TPSA) is 9.23 Å². The second-order valence-corrected chi connectivity index (χ2v) is 6.92. The van der Waals surface area contributed by atoms with Gasteiger partial charge in [-0.25, -0.2) is 13.2 Å². The van der Waals surface area contributed by atoms with Crippen molar-refractivity contribution in [2.45, 2.75) is 17.5 Å². The van der Waals surface area contributed by atoms with Crippen LogP contribution in [0.1, 0.15) is 5.56 Å². The smallest absolute Gasteiger partial charge is 0.306 e. The van der Waals surface area contributed by atoms with Gasteiger partial charge in [-0.1, -0.05) is 69.6 Å². The van der Waals surface area contributed by atoms with E-state index in [0.717, 1.165) is 0 Å². The van der Waals surface area contributed by atoms with E-state index in [1.54, 1.807) is 0 Å². The maximum atomic E-state index is 13.1. The Hall–Kier alpha value is 1.06. The van der Waals surface area contributed by atoms with Gasteiger partial charge in [0.05, 0.1) is 43.8 Å². The minimum atomic E-state index is -3.45. The fraction of sp³-hybridized carbons (Fsp3) is 0.333. The first-order valence-corrected chi connectivity index (χ1v) is 7.57. The molecule has 0 saturated carbocycles. The molecule has 0 bridgehead atoms. The van der Waals surface area contributed by atoms with Crippen molar-refractivity contribution in [3.05, 3.63) is 30.7 Å². The zero-order valence-electron chi connectivity index (χ0n) is 9.00. The molecule has 0 aliphatic carbocycles. The second-order valence-electron chi connectivity index (χ2n) is 3.26. The van der Waals surface area contributed by atoms with Gasteiger partial charge in [-0.15, -0.1) is 0 Å². The van der Waals surface area contributed by atoms with Crippen molar-refractivity contribution >= 4 is 81.6 Å². The van der Waals surface area contributed by atoms with Gasteiger partial charge < -0.3 is 4.18 Å². The van der Waals surface area contributed by atoms with Crippen molar-refractivity contribution in [2.24, 2.45) is 0 Å². The van der Waals surface area contributed by atoms with Gasteiger partial charge in [0.2, 0.25) is 0 Å². The highest BCUT2D eigenvalue weighted by Gasteiger charge is 2.40. The number of hydrogen-bond donors (Lipinski definition) is 0. The molecule has 1 rings (SSSR count). The Morgan fingerprint density at radius 3 is 1.75 bits per heavy atom. The van der Waals surface area contributed by atoms with Gasteiger partial charge in [-0.2, -0.15) is 0 Å². The molecular formula is C9H3Cl6F3OS. The van der Waals surface area contributed by atoms with E-state index < -0.39 is 17.5 Å². The SMILES string of the molecule is FC(F)C(F)(Cl)SOCc1c(Cl)c(Cl)c(Cl)c(Cl)c1Cl. The molecule has 0 aliphatic heterocycles. The first-order chi connectivity index (χ1) is 9.09. The van der Waals surface area contributed by atoms with Gasteiger partial charge in [0.1, 0.15) is 0 Å². The molecule has 0 fully saturated rings. The van der Waals surface area contributed by atoms with Crippen molar-refractivity contribution in [2.75, 3.05) is 0 Å². The minimum absolute atomic E-state index is 0.0653. The van der Waals surface area contributed by atoms with E-state index in [2.05, 4.69) is 4.18 Å². The lowest BCUT2D eigenvalue weighted by molar-refractivity contribution is 0.0690. The Balaban J connectivity index is 2.90. The van der Waals surface area contributed by atoms with Crippen LogP contribution in [0.15, 0.2) is 0 Å². The summed E-state index contributed by atoms with van der Waals surface area (Å²) in [6.45, 7) is -0.454. The van der Waals surface area contributed by atoms with Gasteiger partial charge >= 0.3 is 4.46 Å². The van der Waals surface area contributed by atoms with Crippen LogP contribution >= 0.6 is 81.6 Å². The summed E-state index contributed by atoms with van der Waals surface area (Å²) in [6, 6.07) is 0. The van der Waals surface area contributed by atoms with Gasteiger partial charge in [0, 0.05) is 5.56 Å². The number of hydrogen-bond acceptors (Lipinski definition) is 2. The summed E-state index contributed by atoms with van der Waals surface area (Å²) in [5.74, 6) is 0. The third-order valence-electron chi connectivity index (χ3n) is 1.93. The summed E-state index contributed by atoms with van der Waals surface area (Å²) in [5, 5.41) is -0.398. The highest BCUT2D eigenvalue weighted by Crippen LogP contribution is 2.45. The Kier molecular flexibility index (Phi) is 7.22. The Morgan fingerprint density at radius 2 is 1.35 bits per heavy atom. The molecule has 1 unspecified atom stereocenters. The lowest BCUT2D eigenvalue weighted by atomic mass is 10.2. The molecule has 20 heavy (non-hydrogen) atoms. The summed E-state index contributed by atoms with van der Waals surface area (Å²) in [7, 11) is 0. The summed E-state index contributed by atoms with van der Waals surface area (Å²) in [5.41, 5.74) is 0.0713. The molecule has 1 aromatic rings. The van der Waals surface area contributed by atoms with E-state index in [-0.39, 0.29) is 42.7 Å². The van der Waals surface area contributed by atoms with Gasteiger partial charge in [0.15, 0.2) is 0 Å². The minimum Gasteiger partial charge on any atom is -0.306 e. The lowest BCUT2D eigenvalue weighted by Gasteiger charge is -2.16. The molecule has 0 saturated heterocycles. The number of halogens is 9. The summed E-state index contributed by atoms with van der Waals surface area (Å²) in [6.07, 6.45) is -3.45. The first-order valence-electron chi connectivity index (χ1n) is 4.56. The average Bonchev–Trinajstić information content (AvgIpc) is 2.38. The molecule has 0 aromatic heterocycles. The molecule has 1 aromatic carbocycles. The van der Waals surface area contributed by atoms with Crippen LogP contribution in [-0.2, 0) is 10.8 Å².